The molecular weight excluding hydrogens is 499 g/mol. The molecule has 0 aliphatic rings. The van der Waals surface area contributed by atoms with Crippen LogP contribution >= 0.6 is 7.82 Å². The Morgan fingerprint density at radius 3 is 1.84 bits per heavy atom. The van der Waals surface area contributed by atoms with E-state index in [4.69, 9.17) is 18.5 Å². The normalized spacial score (nSPS) is 14.1. The molecule has 0 aliphatic carbocycles. The van der Waals surface area contributed by atoms with Crippen molar-refractivity contribution in [3.05, 3.63) is 0 Å². The fourth-order valence-corrected chi connectivity index (χ4v) is 4.24. The predicted octanol–water partition coefficient (Wildman–Crippen LogP) is 4.94. The molecule has 0 aliphatic heterocycles. The van der Waals surface area contributed by atoms with Gasteiger partial charge in [0.1, 0.15) is 19.8 Å². The Labute approximate surface area is 225 Å². The van der Waals surface area contributed by atoms with Gasteiger partial charge in [-0.25, -0.2) is 4.79 Å². The van der Waals surface area contributed by atoms with Crippen LogP contribution in [0.1, 0.15) is 96.8 Å². The highest BCUT2D eigenvalue weighted by Gasteiger charge is 2.21. The van der Waals surface area contributed by atoms with Crippen LogP contribution in [0.5, 0.6) is 0 Å². The van der Waals surface area contributed by atoms with Crippen LogP contribution < -0.4 is 10.2 Å². The van der Waals surface area contributed by atoms with Crippen molar-refractivity contribution in [1.82, 2.24) is 5.32 Å². The van der Waals surface area contributed by atoms with Gasteiger partial charge in [0, 0.05) is 13.5 Å². The summed E-state index contributed by atoms with van der Waals surface area (Å²) in [6, 6.07) is 0. The number of carbonyl (C=O) groups excluding carboxylic acids is 2. The average molecular weight is 553 g/mol. The zero-order chi connectivity index (χ0) is 28.0. The second kappa shape index (κ2) is 21.7. The van der Waals surface area contributed by atoms with Crippen molar-refractivity contribution in [3.63, 3.8) is 0 Å². The van der Waals surface area contributed by atoms with Crippen LogP contribution in [0.2, 0.25) is 0 Å². The van der Waals surface area contributed by atoms with Crippen molar-refractivity contribution in [3.8, 4) is 0 Å². The molecule has 1 unspecified atom stereocenters. The van der Waals surface area contributed by atoms with Crippen LogP contribution in [0, 0.1) is 0 Å². The number of hydrogen-bond donors (Lipinski definition) is 1. The molecular formula is C26H53N2O8P. The largest absolute Gasteiger partial charge is 0.756 e. The van der Waals surface area contributed by atoms with E-state index in [1.54, 1.807) is 0 Å². The summed E-state index contributed by atoms with van der Waals surface area (Å²) in [4.78, 5) is 35.6. The van der Waals surface area contributed by atoms with Gasteiger partial charge in [-0.3, -0.25) is 9.36 Å². The molecule has 1 amide bonds. The van der Waals surface area contributed by atoms with E-state index in [0.29, 0.717) is 11.0 Å². The topological polar surface area (TPSA) is 123 Å². The first-order valence-electron chi connectivity index (χ1n) is 13.9. The van der Waals surface area contributed by atoms with E-state index in [0.717, 1.165) is 19.3 Å². The molecule has 0 aromatic heterocycles. The third kappa shape index (κ3) is 24.9. The van der Waals surface area contributed by atoms with Crippen LogP contribution in [-0.2, 0) is 27.9 Å². The summed E-state index contributed by atoms with van der Waals surface area (Å²) < 4.78 is 32.4. The van der Waals surface area contributed by atoms with E-state index in [1.165, 1.54) is 71.3 Å². The molecule has 0 saturated heterocycles. The van der Waals surface area contributed by atoms with E-state index in [1.807, 2.05) is 21.1 Å². The number of phosphoric ester groups is 1. The molecule has 0 saturated carbocycles. The molecule has 37 heavy (non-hydrogen) atoms. The Kier molecular flexibility index (Phi) is 21.0. The minimum Gasteiger partial charge on any atom is -0.756 e. The fourth-order valence-electron chi connectivity index (χ4n) is 3.51. The summed E-state index contributed by atoms with van der Waals surface area (Å²) >= 11 is 0. The van der Waals surface area contributed by atoms with Gasteiger partial charge < -0.3 is 33.2 Å². The number of nitrogens with one attached hydrogen (secondary N) is 1. The number of carbonyl (C=O) groups is 2. The summed E-state index contributed by atoms with van der Waals surface area (Å²) in [7, 11) is 2.49. The number of quaternary nitrogens is 1. The quantitative estimate of drug-likeness (QED) is 0.0773. The summed E-state index contributed by atoms with van der Waals surface area (Å²) in [5.74, 6) is -0.418. The maximum absolute atomic E-state index is 12.1. The van der Waals surface area contributed by atoms with Crippen molar-refractivity contribution in [2.24, 2.45) is 0 Å². The molecule has 0 bridgehead atoms. The van der Waals surface area contributed by atoms with Gasteiger partial charge >= 0.3 is 12.1 Å². The highest BCUT2D eigenvalue weighted by molar-refractivity contribution is 7.45. The van der Waals surface area contributed by atoms with Gasteiger partial charge in [0.15, 0.2) is 6.10 Å². The van der Waals surface area contributed by atoms with Crippen LogP contribution in [0.15, 0.2) is 0 Å². The van der Waals surface area contributed by atoms with E-state index in [2.05, 4.69) is 12.2 Å². The number of phosphoric acid groups is 1. The lowest BCUT2D eigenvalue weighted by Gasteiger charge is -2.28. The summed E-state index contributed by atoms with van der Waals surface area (Å²) in [5, 5.41) is 2.27. The molecule has 220 valence electrons. The average Bonchev–Trinajstić information content (AvgIpc) is 2.82. The smallest absolute Gasteiger partial charge is 0.407 e. The van der Waals surface area contributed by atoms with Gasteiger partial charge in [0.2, 0.25) is 0 Å². The Balaban J connectivity index is 4.05. The molecule has 0 spiro atoms. The summed E-state index contributed by atoms with van der Waals surface area (Å²) in [6.07, 6.45) is 14.2. The lowest BCUT2D eigenvalue weighted by molar-refractivity contribution is -0.870. The van der Waals surface area contributed by atoms with Crippen molar-refractivity contribution >= 4 is 19.9 Å². The van der Waals surface area contributed by atoms with Crippen molar-refractivity contribution in [2.45, 2.75) is 103 Å². The second-order valence-electron chi connectivity index (χ2n) is 10.5. The third-order valence-electron chi connectivity index (χ3n) is 5.82. The SMILES string of the molecule is CCCCCCCCCCCCCCCC(=O)OC[C@H](COP(=O)([O-])OCC[N+](C)(C)C)OC(=O)NC. The Morgan fingerprint density at radius 2 is 1.35 bits per heavy atom. The fraction of sp³-hybridized carbons (Fsp3) is 0.923. The molecule has 0 fully saturated rings. The van der Waals surface area contributed by atoms with Crippen molar-refractivity contribution < 1.29 is 42.1 Å². The van der Waals surface area contributed by atoms with Crippen LogP contribution in [0.3, 0.4) is 0 Å². The van der Waals surface area contributed by atoms with Gasteiger partial charge in [-0.15, -0.1) is 0 Å². The maximum atomic E-state index is 12.1. The standard InChI is InChI=1S/C26H53N2O8P/c1-6-7-8-9-10-11-12-13-14-15-16-17-18-19-25(29)33-22-24(36-26(30)27-2)23-35-37(31,32)34-21-20-28(3,4)5/h24H,6-23H2,1-5H3,(H-,27,30,31,32)/t24-/m1/s1. The highest BCUT2D eigenvalue weighted by atomic mass is 31.2. The summed E-state index contributed by atoms with van der Waals surface area (Å²) in [6.45, 7) is 1.85. The molecule has 0 radical (unpaired) electrons. The number of nitrogens with zero attached hydrogens (tertiary/aromatic N) is 1. The second-order valence-corrected chi connectivity index (χ2v) is 12.0. The first-order chi connectivity index (χ1) is 17.5. The maximum Gasteiger partial charge on any atom is 0.407 e. The molecule has 10 nitrogen and oxygen atoms in total. The Bertz CT molecular complexity index is 643. The number of esters is 1. The van der Waals surface area contributed by atoms with Crippen molar-refractivity contribution in [1.29, 1.82) is 0 Å². The van der Waals surface area contributed by atoms with Crippen LogP contribution in [0.4, 0.5) is 4.79 Å². The highest BCUT2D eigenvalue weighted by Crippen LogP contribution is 2.38. The van der Waals surface area contributed by atoms with Crippen molar-refractivity contribution in [2.75, 3.05) is 54.6 Å². The molecule has 0 rings (SSSR count). The zero-order valence-corrected chi connectivity index (χ0v) is 24.9. The minimum absolute atomic E-state index is 0.0423. The number of ether oxygens (including phenoxy) is 2. The number of rotatable bonds is 24. The first kappa shape index (κ1) is 35.8. The molecule has 0 aromatic carbocycles. The Hall–Kier alpha value is -1.19. The number of amides is 1. The zero-order valence-electron chi connectivity index (χ0n) is 24.0. The monoisotopic (exact) mass is 552 g/mol. The van der Waals surface area contributed by atoms with Crippen LogP contribution in [0.25, 0.3) is 0 Å². The molecule has 0 aromatic rings. The number of likely N-dealkylation sites (N-methyl/N-ethyl adjacent to an activating group) is 1. The van der Waals surface area contributed by atoms with E-state index < -0.39 is 32.6 Å². The first-order valence-corrected chi connectivity index (χ1v) is 15.4. The van der Waals surface area contributed by atoms with Gasteiger partial charge in [0.25, 0.3) is 7.82 Å². The predicted molar refractivity (Wildman–Crippen MR) is 143 cm³/mol. The lowest BCUT2D eigenvalue weighted by Crippen LogP contribution is -2.38. The van der Waals surface area contributed by atoms with E-state index >= 15 is 0 Å². The van der Waals surface area contributed by atoms with Gasteiger partial charge in [-0.1, -0.05) is 84.0 Å². The molecule has 11 heteroatoms. The number of unbranched alkanes of at least 4 members (excludes halogenated alkanes) is 12. The molecule has 2 atom stereocenters. The van der Waals surface area contributed by atoms with Gasteiger partial charge in [-0.05, 0) is 6.42 Å². The van der Waals surface area contributed by atoms with Crippen LogP contribution in [-0.4, -0.2) is 77.2 Å². The Morgan fingerprint density at radius 1 is 0.838 bits per heavy atom. The number of hydrogen-bond acceptors (Lipinski definition) is 8. The van der Waals surface area contributed by atoms with Gasteiger partial charge in [0.05, 0.1) is 27.7 Å². The summed E-state index contributed by atoms with van der Waals surface area (Å²) in [5.41, 5.74) is 0. The minimum atomic E-state index is -4.59. The lowest BCUT2D eigenvalue weighted by atomic mass is 10.0. The van der Waals surface area contributed by atoms with E-state index in [9.17, 15) is 19.0 Å². The molecule has 0 heterocycles. The number of alkyl carbamates (subject to hydrolysis) is 1. The van der Waals surface area contributed by atoms with Gasteiger partial charge in [-0.2, -0.15) is 0 Å². The van der Waals surface area contributed by atoms with E-state index in [-0.39, 0.29) is 19.6 Å². The third-order valence-corrected chi connectivity index (χ3v) is 6.79. The molecule has 1 N–H and O–H groups in total.